The Morgan fingerprint density at radius 1 is 0.955 bits per heavy atom. The minimum absolute atomic E-state index is 0.0411. The van der Waals surface area contributed by atoms with Crippen LogP contribution < -0.4 is 10.6 Å². The number of benzene rings is 3. The first-order valence-corrected chi connectivity index (χ1v) is 14.6. The molecule has 3 heterocycles. The van der Waals surface area contributed by atoms with Gasteiger partial charge in [-0.15, -0.1) is 11.3 Å². The smallest absolute Gasteiger partial charge is 0.268 e. The molecule has 10 heteroatoms. The molecule has 0 aliphatic heterocycles. The zero-order chi connectivity index (χ0) is 30.5. The summed E-state index contributed by atoms with van der Waals surface area (Å²) >= 11 is 1.28. The van der Waals surface area contributed by atoms with Crippen molar-refractivity contribution in [1.29, 1.82) is 5.26 Å². The molecule has 6 aromatic rings. The molecule has 0 aliphatic carbocycles. The maximum Gasteiger partial charge on any atom is 0.268 e. The van der Waals surface area contributed by atoms with Crippen molar-refractivity contribution < 1.29 is 14.7 Å². The number of Topliss-reactive ketones (excluding diaryl/α,β-unsaturated/α-hetero) is 1. The average Bonchev–Trinajstić information content (AvgIpc) is 3.70. The molecule has 1 amide bonds. The highest BCUT2D eigenvalue weighted by Crippen LogP contribution is 2.30. The van der Waals surface area contributed by atoms with Crippen LogP contribution in [0.25, 0.3) is 21.5 Å². The minimum atomic E-state index is -0.848. The van der Waals surface area contributed by atoms with E-state index in [-0.39, 0.29) is 30.7 Å². The van der Waals surface area contributed by atoms with Gasteiger partial charge in [0.1, 0.15) is 6.07 Å². The zero-order valence-electron chi connectivity index (χ0n) is 23.3. The molecule has 0 radical (unpaired) electrons. The van der Waals surface area contributed by atoms with E-state index in [0.717, 1.165) is 16.0 Å². The highest BCUT2D eigenvalue weighted by atomic mass is 32.1. The number of nitrogens with zero attached hydrogens (tertiary/aromatic N) is 4. The Bertz CT molecular complexity index is 2000. The monoisotopic (exact) mass is 598 g/mol. The van der Waals surface area contributed by atoms with Gasteiger partial charge in [0, 0.05) is 34.1 Å². The Labute approximate surface area is 257 Å². The fraction of sp³-hybridized carbons (Fsp3) is 0.0882. The molecule has 3 N–H and O–H groups in total. The van der Waals surface area contributed by atoms with Gasteiger partial charge in [-0.3, -0.25) is 19.9 Å². The lowest BCUT2D eigenvalue weighted by molar-refractivity contribution is 0.100. The maximum atomic E-state index is 13.4. The van der Waals surface area contributed by atoms with E-state index in [2.05, 4.69) is 21.7 Å². The number of imidazole rings is 1. The molecular formula is C34H26N6O3S. The normalized spacial score (nSPS) is 11.5. The molecule has 0 bridgehead atoms. The van der Waals surface area contributed by atoms with Crippen LogP contribution in [0.4, 0.5) is 11.6 Å². The van der Waals surface area contributed by atoms with Crippen LogP contribution in [0.5, 0.6) is 0 Å². The third kappa shape index (κ3) is 6.24. The lowest BCUT2D eigenvalue weighted by Gasteiger charge is -2.15. The van der Waals surface area contributed by atoms with Crippen LogP contribution in [0.1, 0.15) is 37.3 Å². The number of amides is 1. The molecular weight excluding hydrogens is 572 g/mol. The van der Waals surface area contributed by atoms with Gasteiger partial charge in [0.2, 0.25) is 5.95 Å². The number of aliphatic hydroxyl groups is 1. The SMILES string of the molecule is N#Cc1cncc(-c2ccc(C(=O)Nc3nc4cc(NCC(=O)c5ccccc5)ccc4n3C[C@H](O)c3ccccc3)s2)c1. The minimum Gasteiger partial charge on any atom is -0.387 e. The second-order valence-electron chi connectivity index (χ2n) is 10.0. The summed E-state index contributed by atoms with van der Waals surface area (Å²) in [6, 6.07) is 31.2. The van der Waals surface area contributed by atoms with Gasteiger partial charge in [0.15, 0.2) is 5.78 Å². The van der Waals surface area contributed by atoms with E-state index >= 15 is 0 Å². The molecule has 0 spiro atoms. The fourth-order valence-corrected chi connectivity index (χ4v) is 5.68. The summed E-state index contributed by atoms with van der Waals surface area (Å²) in [5.41, 5.74) is 4.54. The molecule has 216 valence electrons. The second-order valence-corrected chi connectivity index (χ2v) is 11.1. The third-order valence-corrected chi connectivity index (χ3v) is 8.18. The van der Waals surface area contributed by atoms with E-state index in [1.165, 1.54) is 17.5 Å². The summed E-state index contributed by atoms with van der Waals surface area (Å²) in [6.07, 6.45) is 2.29. The van der Waals surface area contributed by atoms with Gasteiger partial charge < -0.3 is 15.0 Å². The van der Waals surface area contributed by atoms with Crippen LogP contribution in [-0.4, -0.2) is 37.9 Å². The summed E-state index contributed by atoms with van der Waals surface area (Å²) in [6.45, 7) is 0.262. The van der Waals surface area contributed by atoms with Crippen LogP contribution in [0.15, 0.2) is 109 Å². The first kappa shape index (κ1) is 28.5. The van der Waals surface area contributed by atoms with E-state index in [9.17, 15) is 20.0 Å². The van der Waals surface area contributed by atoms with E-state index < -0.39 is 6.10 Å². The molecule has 0 unspecified atom stereocenters. The van der Waals surface area contributed by atoms with Gasteiger partial charge in [-0.1, -0.05) is 60.7 Å². The highest BCUT2D eigenvalue weighted by molar-refractivity contribution is 7.17. The number of aliphatic hydroxyl groups excluding tert-OH is 1. The van der Waals surface area contributed by atoms with E-state index in [4.69, 9.17) is 4.98 Å². The number of anilines is 2. The summed E-state index contributed by atoms with van der Waals surface area (Å²) in [5.74, 6) is -0.121. The fourth-order valence-electron chi connectivity index (χ4n) is 4.80. The van der Waals surface area contributed by atoms with Crippen LogP contribution in [0.2, 0.25) is 0 Å². The number of aromatic nitrogens is 3. The second kappa shape index (κ2) is 12.7. The standard InChI is InChI=1S/C34H26N6O3S/c35-17-22-15-25(19-36-18-22)31-13-14-32(44-31)33(43)39-34-38-27-16-26(37-20-29(41)23-7-3-1-4-8-23)11-12-28(27)40(34)21-30(42)24-9-5-2-6-10-24/h1-16,18-19,30,37,42H,20-21H2,(H,38,39,43)/t30-/m0/s1. The molecule has 6 rings (SSSR count). The van der Waals surface area contributed by atoms with Crippen molar-refractivity contribution in [3.05, 3.63) is 131 Å². The van der Waals surface area contributed by atoms with Crippen molar-refractivity contribution in [2.24, 2.45) is 0 Å². The molecule has 0 saturated carbocycles. The molecule has 9 nitrogen and oxygen atoms in total. The number of rotatable bonds is 10. The van der Waals surface area contributed by atoms with Gasteiger partial charge in [0.05, 0.1) is 40.7 Å². The number of carbonyl (C=O) groups is 2. The summed E-state index contributed by atoms with van der Waals surface area (Å²) in [4.78, 5) is 36.1. The van der Waals surface area contributed by atoms with Gasteiger partial charge in [0.25, 0.3) is 5.91 Å². The summed E-state index contributed by atoms with van der Waals surface area (Å²) in [7, 11) is 0. The molecule has 0 fully saturated rings. The number of pyridine rings is 1. The number of ketones is 1. The maximum absolute atomic E-state index is 13.4. The number of thiophene rings is 1. The van der Waals surface area contributed by atoms with Crippen molar-refractivity contribution in [1.82, 2.24) is 14.5 Å². The Balaban J connectivity index is 1.27. The summed E-state index contributed by atoms with van der Waals surface area (Å²) in [5, 5.41) is 26.4. The predicted octanol–water partition coefficient (Wildman–Crippen LogP) is 6.31. The lowest BCUT2D eigenvalue weighted by atomic mass is 10.1. The lowest BCUT2D eigenvalue weighted by Crippen LogP contribution is -2.17. The van der Waals surface area contributed by atoms with Crippen LogP contribution >= 0.6 is 11.3 Å². The van der Waals surface area contributed by atoms with E-state index in [1.807, 2.05) is 72.8 Å². The van der Waals surface area contributed by atoms with Crippen molar-refractivity contribution in [2.45, 2.75) is 12.6 Å². The van der Waals surface area contributed by atoms with Crippen LogP contribution in [0.3, 0.4) is 0 Å². The van der Waals surface area contributed by atoms with Crippen molar-refractivity contribution in [3.8, 4) is 16.5 Å². The molecule has 0 saturated heterocycles. The molecule has 1 atom stereocenters. The number of hydrogen-bond acceptors (Lipinski definition) is 8. The quantitative estimate of drug-likeness (QED) is 0.157. The van der Waals surface area contributed by atoms with Gasteiger partial charge in [-0.25, -0.2) is 4.98 Å². The highest BCUT2D eigenvalue weighted by Gasteiger charge is 2.20. The van der Waals surface area contributed by atoms with E-state index in [0.29, 0.717) is 32.7 Å². The first-order valence-electron chi connectivity index (χ1n) is 13.8. The topological polar surface area (TPSA) is 133 Å². The van der Waals surface area contributed by atoms with Crippen molar-refractivity contribution in [3.63, 3.8) is 0 Å². The molecule has 3 aromatic carbocycles. The van der Waals surface area contributed by atoms with Gasteiger partial charge in [-0.05, 0) is 42.0 Å². The number of fused-ring (bicyclic) bond motifs is 1. The predicted molar refractivity (Wildman–Crippen MR) is 171 cm³/mol. The Kier molecular flexibility index (Phi) is 8.23. The Morgan fingerprint density at radius 3 is 2.50 bits per heavy atom. The van der Waals surface area contributed by atoms with Gasteiger partial charge in [-0.2, -0.15) is 5.26 Å². The van der Waals surface area contributed by atoms with Crippen LogP contribution in [-0.2, 0) is 6.54 Å². The van der Waals surface area contributed by atoms with Crippen LogP contribution in [0, 0.1) is 11.3 Å². The van der Waals surface area contributed by atoms with Crippen molar-refractivity contribution in [2.75, 3.05) is 17.2 Å². The third-order valence-electron chi connectivity index (χ3n) is 7.04. The van der Waals surface area contributed by atoms with Crippen molar-refractivity contribution >= 4 is 45.7 Å². The Morgan fingerprint density at radius 2 is 1.73 bits per heavy atom. The largest absolute Gasteiger partial charge is 0.387 e. The number of carbonyl (C=O) groups excluding carboxylic acids is 2. The zero-order valence-corrected chi connectivity index (χ0v) is 24.2. The molecule has 44 heavy (non-hydrogen) atoms. The summed E-state index contributed by atoms with van der Waals surface area (Å²) < 4.78 is 1.78. The number of hydrogen-bond donors (Lipinski definition) is 3. The number of nitrogens with one attached hydrogen (secondary N) is 2. The average molecular weight is 599 g/mol. The first-order chi connectivity index (χ1) is 21.5. The van der Waals surface area contributed by atoms with E-state index in [1.54, 1.807) is 35.0 Å². The Hall–Kier alpha value is -5.63. The molecule has 0 aliphatic rings. The van der Waals surface area contributed by atoms with Gasteiger partial charge >= 0.3 is 0 Å². The molecule has 3 aromatic heterocycles. The number of nitriles is 1.